The molecule has 0 fully saturated rings. The second-order valence-electron chi connectivity index (χ2n) is 4.70. The lowest BCUT2D eigenvalue weighted by molar-refractivity contribution is -0.151. The monoisotopic (exact) mass is 216 g/mol. The van der Waals surface area contributed by atoms with Crippen molar-refractivity contribution in [2.45, 2.75) is 39.7 Å². The molecule has 0 bridgehead atoms. The Morgan fingerprint density at radius 1 is 1.27 bits per heavy atom. The zero-order valence-electron chi connectivity index (χ0n) is 9.76. The number of primary amides is 1. The van der Waals surface area contributed by atoms with Gasteiger partial charge in [-0.1, -0.05) is 0 Å². The minimum atomic E-state index is -0.912. The van der Waals surface area contributed by atoms with Crippen LogP contribution in [-0.4, -0.2) is 29.1 Å². The van der Waals surface area contributed by atoms with Crippen molar-refractivity contribution in [3.63, 3.8) is 0 Å². The van der Waals surface area contributed by atoms with Gasteiger partial charge in [-0.2, -0.15) is 0 Å². The molecular formula is C10H20N2O3. The van der Waals surface area contributed by atoms with Crippen molar-refractivity contribution in [1.82, 2.24) is 5.32 Å². The molecule has 0 spiro atoms. The average molecular weight is 216 g/mol. The van der Waals surface area contributed by atoms with E-state index in [2.05, 4.69) is 5.32 Å². The van der Waals surface area contributed by atoms with Gasteiger partial charge in [-0.25, -0.2) is 0 Å². The first kappa shape index (κ1) is 13.9. The highest BCUT2D eigenvalue weighted by molar-refractivity contribution is 5.75. The smallest absolute Gasteiger partial charge is 0.310 e. The number of hydrogen-bond donors (Lipinski definition) is 3. The average Bonchev–Trinajstić information content (AvgIpc) is 2.02. The first-order chi connectivity index (χ1) is 6.61. The minimum absolute atomic E-state index is 0.207. The van der Waals surface area contributed by atoms with Gasteiger partial charge in [0.15, 0.2) is 0 Å². The fourth-order valence-corrected chi connectivity index (χ4v) is 0.987. The van der Waals surface area contributed by atoms with Crippen LogP contribution in [0.5, 0.6) is 0 Å². The maximum absolute atomic E-state index is 11.0. The van der Waals surface area contributed by atoms with Gasteiger partial charge in [-0.3, -0.25) is 9.59 Å². The van der Waals surface area contributed by atoms with Gasteiger partial charge in [0.25, 0.3) is 0 Å². The van der Waals surface area contributed by atoms with Crippen LogP contribution in [0.15, 0.2) is 0 Å². The number of nitrogens with one attached hydrogen (secondary N) is 1. The van der Waals surface area contributed by atoms with E-state index in [0.717, 1.165) is 0 Å². The molecule has 0 saturated heterocycles. The second kappa shape index (κ2) is 4.61. The minimum Gasteiger partial charge on any atom is -0.481 e. The molecule has 0 aromatic carbocycles. The third-order valence-electron chi connectivity index (χ3n) is 3.04. The number of carbonyl (C=O) groups is 2. The lowest BCUT2D eigenvalue weighted by Gasteiger charge is -2.39. The van der Waals surface area contributed by atoms with Crippen molar-refractivity contribution in [1.29, 1.82) is 0 Å². The third-order valence-corrected chi connectivity index (χ3v) is 3.04. The number of amides is 1. The number of hydrogen-bond acceptors (Lipinski definition) is 3. The van der Waals surface area contributed by atoms with E-state index >= 15 is 0 Å². The van der Waals surface area contributed by atoms with E-state index in [0.29, 0.717) is 6.54 Å². The molecule has 0 unspecified atom stereocenters. The summed E-state index contributed by atoms with van der Waals surface area (Å²) in [6.45, 7) is 7.27. The zero-order chi connectivity index (χ0) is 12.3. The van der Waals surface area contributed by atoms with Gasteiger partial charge in [0.2, 0.25) is 5.91 Å². The summed E-state index contributed by atoms with van der Waals surface area (Å²) in [4.78, 5) is 21.6. The molecule has 0 aliphatic heterocycles. The van der Waals surface area contributed by atoms with E-state index in [-0.39, 0.29) is 6.42 Å². The molecule has 15 heavy (non-hydrogen) atoms. The summed E-state index contributed by atoms with van der Waals surface area (Å²) in [5.74, 6) is -1.27. The molecule has 0 aromatic heterocycles. The number of carboxylic acid groups (broad SMARTS) is 1. The summed E-state index contributed by atoms with van der Waals surface area (Å²) < 4.78 is 0. The lowest BCUT2D eigenvalue weighted by Crippen LogP contribution is -2.55. The van der Waals surface area contributed by atoms with E-state index in [1.54, 1.807) is 27.7 Å². The Labute approximate surface area is 90.0 Å². The molecule has 0 aliphatic carbocycles. The molecule has 1 amide bonds. The Morgan fingerprint density at radius 3 is 2.07 bits per heavy atom. The Morgan fingerprint density at radius 2 is 1.73 bits per heavy atom. The van der Waals surface area contributed by atoms with Gasteiger partial charge in [-0.05, 0) is 27.7 Å². The van der Waals surface area contributed by atoms with Crippen molar-refractivity contribution in [3.05, 3.63) is 0 Å². The molecular weight excluding hydrogens is 196 g/mol. The van der Waals surface area contributed by atoms with Crippen LogP contribution in [0.4, 0.5) is 0 Å². The van der Waals surface area contributed by atoms with Gasteiger partial charge >= 0.3 is 5.97 Å². The van der Waals surface area contributed by atoms with Gasteiger partial charge in [-0.15, -0.1) is 0 Å². The molecule has 0 heterocycles. The highest BCUT2D eigenvalue weighted by Crippen LogP contribution is 2.30. The standard InChI is InChI=1S/C10H20N2O3/c1-9(2,8(14)15)10(3,4)12-6-5-7(11)13/h12H,5-6H2,1-4H3,(H2,11,13)(H,14,15). The maximum Gasteiger partial charge on any atom is 0.310 e. The van der Waals surface area contributed by atoms with Crippen LogP contribution in [-0.2, 0) is 9.59 Å². The second-order valence-corrected chi connectivity index (χ2v) is 4.70. The molecule has 0 aromatic rings. The summed E-state index contributed by atoms with van der Waals surface area (Å²) in [5.41, 5.74) is 3.48. The Bertz CT molecular complexity index is 259. The largest absolute Gasteiger partial charge is 0.481 e. The Hall–Kier alpha value is -1.10. The fourth-order valence-electron chi connectivity index (χ4n) is 0.987. The summed E-state index contributed by atoms with van der Waals surface area (Å²) in [7, 11) is 0. The lowest BCUT2D eigenvalue weighted by atomic mass is 9.74. The molecule has 5 nitrogen and oxygen atoms in total. The van der Waals surface area contributed by atoms with Gasteiger partial charge in [0.1, 0.15) is 0 Å². The van der Waals surface area contributed by atoms with Crippen LogP contribution in [0.2, 0.25) is 0 Å². The quantitative estimate of drug-likeness (QED) is 0.597. The molecule has 0 saturated carbocycles. The van der Waals surface area contributed by atoms with E-state index in [1.807, 2.05) is 0 Å². The number of carboxylic acids is 1. The topological polar surface area (TPSA) is 92.4 Å². The summed E-state index contributed by atoms with van der Waals surface area (Å²) in [5, 5.41) is 12.1. The van der Waals surface area contributed by atoms with E-state index in [1.165, 1.54) is 0 Å². The highest BCUT2D eigenvalue weighted by atomic mass is 16.4. The van der Waals surface area contributed by atoms with Crippen molar-refractivity contribution in [2.75, 3.05) is 6.54 Å². The van der Waals surface area contributed by atoms with Gasteiger partial charge < -0.3 is 16.2 Å². The Balaban J connectivity index is 4.41. The molecule has 4 N–H and O–H groups in total. The first-order valence-corrected chi connectivity index (χ1v) is 4.88. The number of aliphatic carboxylic acids is 1. The molecule has 0 rings (SSSR count). The molecule has 0 aliphatic rings. The number of nitrogens with two attached hydrogens (primary N) is 1. The van der Waals surface area contributed by atoms with Crippen LogP contribution in [0.25, 0.3) is 0 Å². The predicted molar refractivity (Wildman–Crippen MR) is 57.3 cm³/mol. The summed E-state index contributed by atoms with van der Waals surface area (Å²) in [6.07, 6.45) is 0.207. The molecule has 88 valence electrons. The Kier molecular flexibility index (Phi) is 4.27. The van der Waals surface area contributed by atoms with Crippen LogP contribution in [0.1, 0.15) is 34.1 Å². The zero-order valence-corrected chi connectivity index (χ0v) is 9.76. The SMILES string of the molecule is CC(C)(NCCC(N)=O)C(C)(C)C(=O)O. The number of carbonyl (C=O) groups excluding carboxylic acids is 1. The van der Waals surface area contributed by atoms with Crippen molar-refractivity contribution in [2.24, 2.45) is 11.1 Å². The van der Waals surface area contributed by atoms with E-state index in [9.17, 15) is 9.59 Å². The van der Waals surface area contributed by atoms with Crippen molar-refractivity contribution < 1.29 is 14.7 Å². The van der Waals surface area contributed by atoms with Crippen molar-refractivity contribution >= 4 is 11.9 Å². The van der Waals surface area contributed by atoms with E-state index < -0.39 is 22.8 Å². The van der Waals surface area contributed by atoms with Crippen LogP contribution >= 0.6 is 0 Å². The van der Waals surface area contributed by atoms with Crippen molar-refractivity contribution in [3.8, 4) is 0 Å². The first-order valence-electron chi connectivity index (χ1n) is 4.88. The predicted octanol–water partition coefficient (Wildman–Crippen LogP) is 0.341. The van der Waals surface area contributed by atoms with Crippen LogP contribution < -0.4 is 11.1 Å². The van der Waals surface area contributed by atoms with Crippen LogP contribution in [0, 0.1) is 5.41 Å². The highest BCUT2D eigenvalue weighted by Gasteiger charge is 2.42. The molecule has 0 radical (unpaired) electrons. The summed E-state index contributed by atoms with van der Waals surface area (Å²) >= 11 is 0. The van der Waals surface area contributed by atoms with Gasteiger partial charge in [0, 0.05) is 18.5 Å². The summed E-state index contributed by atoms with van der Waals surface area (Å²) in [6, 6.07) is 0. The normalized spacial score (nSPS) is 12.5. The van der Waals surface area contributed by atoms with E-state index in [4.69, 9.17) is 10.8 Å². The maximum atomic E-state index is 11.0. The fraction of sp³-hybridized carbons (Fsp3) is 0.800. The van der Waals surface area contributed by atoms with Gasteiger partial charge in [0.05, 0.1) is 5.41 Å². The number of rotatable bonds is 6. The molecule has 0 atom stereocenters. The van der Waals surface area contributed by atoms with Crippen LogP contribution in [0.3, 0.4) is 0 Å². The molecule has 5 heteroatoms. The third kappa shape index (κ3) is 3.51.